The molecule has 1 amide bonds. The highest BCUT2D eigenvalue weighted by Crippen LogP contribution is 2.47. The number of piperidine rings is 1. The van der Waals surface area contributed by atoms with E-state index >= 15 is 0 Å². The lowest BCUT2D eigenvalue weighted by Gasteiger charge is -2.41. The molecule has 3 fully saturated rings. The first-order valence-corrected chi connectivity index (χ1v) is 16.2. The van der Waals surface area contributed by atoms with Crippen LogP contribution in [0, 0.1) is 11.8 Å². The first-order chi connectivity index (χ1) is 19.6. The molecule has 3 aliphatic carbocycles. The number of aliphatic hydroxyl groups is 1. The number of rotatable bonds is 10. The van der Waals surface area contributed by atoms with Crippen molar-refractivity contribution in [1.29, 1.82) is 0 Å². The molecular weight excluding hydrogens is 506 g/mol. The van der Waals surface area contributed by atoms with Crippen LogP contribution in [0.3, 0.4) is 0 Å². The molecule has 9 heteroatoms. The molecule has 0 aromatic carbocycles. The van der Waals surface area contributed by atoms with Crippen LogP contribution in [-0.2, 0) is 14.3 Å². The number of hydrogen-bond donors (Lipinski definition) is 1. The Balaban J connectivity index is 1.48. The number of hydrogen-bond acceptors (Lipinski definition) is 6. The Labute approximate surface area is 239 Å². The highest BCUT2D eigenvalue weighted by Gasteiger charge is 2.57. The van der Waals surface area contributed by atoms with Gasteiger partial charge in [0.05, 0.1) is 6.10 Å². The number of aliphatic hydroxyl groups excluding tert-OH is 1. The summed E-state index contributed by atoms with van der Waals surface area (Å²) in [4.78, 5) is 25.4. The fourth-order valence-corrected chi connectivity index (χ4v) is 7.80. The van der Waals surface area contributed by atoms with Crippen LogP contribution in [0.25, 0.3) is 10.4 Å². The molecule has 1 saturated heterocycles. The maximum Gasteiger partial charge on any atom is 0.254 e. The summed E-state index contributed by atoms with van der Waals surface area (Å²) in [6.07, 6.45) is 17.6. The van der Waals surface area contributed by atoms with E-state index in [9.17, 15) is 10.3 Å². The minimum Gasteiger partial charge on any atom is -0.470 e. The first-order valence-electron chi connectivity index (χ1n) is 16.2. The number of allylic oxidation sites excluding steroid dienone is 1. The summed E-state index contributed by atoms with van der Waals surface area (Å²) < 4.78 is 12.9. The van der Waals surface area contributed by atoms with Gasteiger partial charge in [0.2, 0.25) is 0 Å². The number of azide groups is 1. The van der Waals surface area contributed by atoms with Crippen molar-refractivity contribution < 1.29 is 19.4 Å². The summed E-state index contributed by atoms with van der Waals surface area (Å²) in [5.41, 5.74) is 10.2. The fraction of sp³-hybridized carbons (Fsp3) is 0.871. The average Bonchev–Trinajstić information content (AvgIpc) is 3.38. The highest BCUT2D eigenvalue weighted by atomic mass is 16.5. The van der Waals surface area contributed by atoms with E-state index in [-0.39, 0.29) is 24.5 Å². The molecule has 40 heavy (non-hydrogen) atoms. The summed E-state index contributed by atoms with van der Waals surface area (Å²) in [6.45, 7) is 2.34. The van der Waals surface area contributed by atoms with Crippen LogP contribution in [0.5, 0.6) is 0 Å². The van der Waals surface area contributed by atoms with Crippen molar-refractivity contribution in [2.75, 3.05) is 26.3 Å². The Hall–Kier alpha value is -2.09. The number of aliphatic imine (C=N–C) groups is 1. The predicted octanol–water partition coefficient (Wildman–Crippen LogP) is 6.60. The molecule has 2 atom stereocenters. The molecule has 0 aromatic heterocycles. The van der Waals surface area contributed by atoms with Gasteiger partial charge in [0.25, 0.3) is 5.91 Å². The van der Waals surface area contributed by atoms with Gasteiger partial charge in [0, 0.05) is 42.8 Å². The van der Waals surface area contributed by atoms with Crippen LogP contribution < -0.4 is 0 Å². The van der Waals surface area contributed by atoms with Gasteiger partial charge in [-0.15, -0.1) is 0 Å². The zero-order chi connectivity index (χ0) is 27.8. The Morgan fingerprint density at radius 2 is 1.75 bits per heavy atom. The van der Waals surface area contributed by atoms with Gasteiger partial charge < -0.3 is 19.5 Å². The highest BCUT2D eigenvalue weighted by molar-refractivity contribution is 5.95. The van der Waals surface area contributed by atoms with Gasteiger partial charge >= 0.3 is 0 Å². The van der Waals surface area contributed by atoms with Crippen molar-refractivity contribution in [2.45, 2.75) is 133 Å². The minimum absolute atomic E-state index is 0.136. The predicted molar refractivity (Wildman–Crippen MR) is 155 cm³/mol. The lowest BCUT2D eigenvalue weighted by molar-refractivity contribution is -0.141. The normalized spacial score (nSPS) is 31.9. The van der Waals surface area contributed by atoms with E-state index in [1.54, 1.807) is 0 Å². The quantitative estimate of drug-likeness (QED) is 0.141. The molecule has 2 aliphatic heterocycles. The van der Waals surface area contributed by atoms with Gasteiger partial charge in [-0.2, -0.15) is 0 Å². The fourth-order valence-electron chi connectivity index (χ4n) is 7.80. The number of likely N-dealkylation sites (tertiary alicyclic amines) is 1. The topological polar surface area (TPSA) is 120 Å². The van der Waals surface area contributed by atoms with Crippen LogP contribution in [0.15, 0.2) is 21.4 Å². The molecule has 0 bridgehead atoms. The third-order valence-corrected chi connectivity index (χ3v) is 9.96. The van der Waals surface area contributed by atoms with Crippen molar-refractivity contribution in [3.63, 3.8) is 0 Å². The van der Waals surface area contributed by atoms with Crippen molar-refractivity contribution in [3.8, 4) is 0 Å². The summed E-state index contributed by atoms with van der Waals surface area (Å²) in [6, 6.07) is 0. The SMILES string of the molecule is [N-]=[N+]=NC1=C([C@@H]2OC(C3CCC(OCCCO)CC3)=N[C@]2(CC2CCCCC2)C(=O)N2CCCCC2)CCCC1. The van der Waals surface area contributed by atoms with Crippen LogP contribution >= 0.6 is 0 Å². The van der Waals surface area contributed by atoms with E-state index in [4.69, 9.17) is 19.6 Å². The molecule has 0 unspecified atom stereocenters. The molecule has 1 N–H and O–H groups in total. The molecule has 2 heterocycles. The van der Waals surface area contributed by atoms with Crippen molar-refractivity contribution >= 4 is 11.8 Å². The van der Waals surface area contributed by atoms with Gasteiger partial charge in [-0.25, -0.2) is 4.99 Å². The molecular formula is C31H49N5O4. The van der Waals surface area contributed by atoms with Gasteiger partial charge in [-0.3, -0.25) is 4.79 Å². The zero-order valence-corrected chi connectivity index (χ0v) is 24.3. The summed E-state index contributed by atoms with van der Waals surface area (Å²) in [5, 5.41) is 13.2. The maximum atomic E-state index is 14.7. The third-order valence-electron chi connectivity index (χ3n) is 9.96. The van der Waals surface area contributed by atoms with Crippen LogP contribution in [0.1, 0.15) is 116 Å². The van der Waals surface area contributed by atoms with Crippen LogP contribution in [0.2, 0.25) is 0 Å². The van der Waals surface area contributed by atoms with Crippen molar-refractivity contribution in [1.82, 2.24) is 4.90 Å². The second-order valence-electron chi connectivity index (χ2n) is 12.7. The minimum atomic E-state index is -0.966. The smallest absolute Gasteiger partial charge is 0.254 e. The molecule has 0 aromatic rings. The standard InChI is InChI=1S/C31H49N5O4/c32-35-34-27-13-6-5-12-26(27)28-31(22-23-10-3-1-4-11-23,30(38)36-18-7-2-8-19-36)33-29(40-28)24-14-16-25(17-15-24)39-21-9-20-37/h23-25,28,37H,1-22H2/t24?,25?,28-,31-/m0/s1. The lowest BCUT2D eigenvalue weighted by atomic mass is 9.73. The van der Waals surface area contributed by atoms with Crippen molar-refractivity contribution in [3.05, 3.63) is 21.7 Å². The van der Waals surface area contributed by atoms with Gasteiger partial charge in [-0.1, -0.05) is 37.2 Å². The third kappa shape index (κ3) is 6.69. The Morgan fingerprint density at radius 1 is 1.02 bits per heavy atom. The zero-order valence-electron chi connectivity index (χ0n) is 24.3. The van der Waals surface area contributed by atoms with Crippen LogP contribution in [-0.4, -0.2) is 65.9 Å². The maximum absolute atomic E-state index is 14.7. The molecule has 0 radical (unpaired) electrons. The number of carbonyl (C=O) groups is 1. The molecule has 5 rings (SSSR count). The summed E-state index contributed by atoms with van der Waals surface area (Å²) >= 11 is 0. The monoisotopic (exact) mass is 555 g/mol. The second-order valence-corrected chi connectivity index (χ2v) is 12.7. The van der Waals surface area contributed by atoms with Gasteiger partial charge in [0.15, 0.2) is 17.5 Å². The largest absolute Gasteiger partial charge is 0.470 e. The van der Waals surface area contributed by atoms with E-state index in [0.29, 0.717) is 18.9 Å². The van der Waals surface area contributed by atoms with Gasteiger partial charge in [0.1, 0.15) is 0 Å². The lowest BCUT2D eigenvalue weighted by Crippen LogP contribution is -2.56. The molecule has 222 valence electrons. The Kier molecular flexibility index (Phi) is 10.4. The van der Waals surface area contributed by atoms with Gasteiger partial charge in [-0.05, 0) is 100 Å². The van der Waals surface area contributed by atoms with Crippen LogP contribution in [0.4, 0.5) is 0 Å². The molecule has 0 spiro atoms. The Bertz CT molecular complexity index is 972. The van der Waals surface area contributed by atoms with E-state index in [2.05, 4.69) is 14.9 Å². The van der Waals surface area contributed by atoms with E-state index in [1.165, 1.54) is 25.7 Å². The average molecular weight is 556 g/mol. The molecule has 9 nitrogen and oxygen atoms in total. The molecule has 5 aliphatic rings. The summed E-state index contributed by atoms with van der Waals surface area (Å²) in [7, 11) is 0. The van der Waals surface area contributed by atoms with Crippen molar-refractivity contribution in [2.24, 2.45) is 21.9 Å². The molecule has 2 saturated carbocycles. The first kappa shape index (κ1) is 29.4. The number of carbonyl (C=O) groups excluding carboxylic acids is 1. The number of ether oxygens (including phenoxy) is 2. The second kappa shape index (κ2) is 14.2. The number of amides is 1. The summed E-state index contributed by atoms with van der Waals surface area (Å²) in [5.74, 6) is 1.52. The van der Waals surface area contributed by atoms with E-state index in [1.807, 2.05) is 0 Å². The van der Waals surface area contributed by atoms with E-state index in [0.717, 1.165) is 114 Å². The Morgan fingerprint density at radius 3 is 2.48 bits per heavy atom. The van der Waals surface area contributed by atoms with E-state index < -0.39 is 11.6 Å². The number of nitrogens with zero attached hydrogens (tertiary/aromatic N) is 5.